The Morgan fingerprint density at radius 2 is 1.19 bits per heavy atom. The molecule has 6 heteroatoms. The van der Waals surface area contributed by atoms with E-state index in [1.54, 1.807) is 0 Å². The van der Waals surface area contributed by atoms with Crippen LogP contribution in [0.3, 0.4) is 0 Å². The highest BCUT2D eigenvalue weighted by Gasteiger charge is 2.51. The molecule has 0 rings (SSSR count). The Kier molecular flexibility index (Phi) is 4.06. The van der Waals surface area contributed by atoms with Crippen LogP contribution >= 0.6 is 0 Å². The van der Waals surface area contributed by atoms with Gasteiger partial charge in [-0.2, -0.15) is 0 Å². The molecule has 16 heavy (non-hydrogen) atoms. The molecule has 0 aromatic carbocycles. The van der Waals surface area contributed by atoms with Gasteiger partial charge in [0.2, 0.25) is 0 Å². The Morgan fingerprint density at radius 3 is 1.31 bits per heavy atom. The molecule has 0 aromatic rings. The molecule has 0 fully saturated rings. The van der Waals surface area contributed by atoms with Crippen molar-refractivity contribution in [3.63, 3.8) is 0 Å². The zero-order valence-corrected chi connectivity index (χ0v) is 9.48. The largest absolute Gasteiger partial charge is 0.481 e. The van der Waals surface area contributed by atoms with E-state index in [2.05, 4.69) is 0 Å². The average molecular weight is 232 g/mol. The number of rotatable bonds is 5. The van der Waals surface area contributed by atoms with E-state index < -0.39 is 41.6 Å². The summed E-state index contributed by atoms with van der Waals surface area (Å²) in [5.74, 6) is -4.04. The fraction of sp³-hybridized carbons (Fsp3) is 0.700. The molecule has 6 nitrogen and oxygen atoms in total. The second kappa shape index (κ2) is 4.51. The highest BCUT2D eigenvalue weighted by atomic mass is 16.4. The molecule has 0 saturated heterocycles. The van der Waals surface area contributed by atoms with Gasteiger partial charge < -0.3 is 15.3 Å². The minimum atomic E-state index is -1.80. The molecular weight excluding hydrogens is 216 g/mol. The third kappa shape index (κ3) is 2.95. The van der Waals surface area contributed by atoms with E-state index in [4.69, 9.17) is 15.3 Å². The standard InChI is InChI=1S/C10H16O6/c1-9(2,3)10(8(15)16,4-6(11)12)5-7(13)14/h4-5H2,1-3H3,(H,11,12)(H,13,14)(H,15,16). The van der Waals surface area contributed by atoms with Crippen molar-refractivity contribution in [2.45, 2.75) is 33.6 Å². The lowest BCUT2D eigenvalue weighted by Crippen LogP contribution is -2.46. The van der Waals surface area contributed by atoms with Crippen molar-refractivity contribution in [2.24, 2.45) is 10.8 Å². The normalized spacial score (nSPS) is 12.2. The Hall–Kier alpha value is -1.59. The summed E-state index contributed by atoms with van der Waals surface area (Å²) in [6.45, 7) is 4.56. The van der Waals surface area contributed by atoms with Gasteiger partial charge in [-0.25, -0.2) is 0 Å². The maximum Gasteiger partial charge on any atom is 0.311 e. The van der Waals surface area contributed by atoms with Crippen LogP contribution in [0, 0.1) is 10.8 Å². The second-order valence-electron chi connectivity index (χ2n) is 4.78. The molecule has 0 unspecified atom stereocenters. The predicted octanol–water partition coefficient (Wildman–Crippen LogP) is 1.05. The number of hydrogen-bond acceptors (Lipinski definition) is 3. The Bertz CT molecular complexity index is 296. The van der Waals surface area contributed by atoms with Crippen molar-refractivity contribution in [1.29, 1.82) is 0 Å². The van der Waals surface area contributed by atoms with Gasteiger partial charge in [-0.3, -0.25) is 14.4 Å². The van der Waals surface area contributed by atoms with Gasteiger partial charge in [0.1, 0.15) is 0 Å². The molecule has 0 aliphatic carbocycles. The molecule has 3 N–H and O–H groups in total. The third-order valence-electron chi connectivity index (χ3n) is 2.75. The summed E-state index contributed by atoms with van der Waals surface area (Å²) >= 11 is 0. The van der Waals surface area contributed by atoms with Gasteiger partial charge in [-0.15, -0.1) is 0 Å². The van der Waals surface area contributed by atoms with E-state index in [0.717, 1.165) is 0 Å². The maximum absolute atomic E-state index is 11.2. The van der Waals surface area contributed by atoms with E-state index in [0.29, 0.717) is 0 Å². The van der Waals surface area contributed by atoms with Crippen LogP contribution in [0.25, 0.3) is 0 Å². The first-order valence-corrected chi connectivity index (χ1v) is 4.70. The van der Waals surface area contributed by atoms with Gasteiger partial charge in [0.15, 0.2) is 0 Å². The van der Waals surface area contributed by atoms with E-state index in [1.165, 1.54) is 20.8 Å². The fourth-order valence-corrected chi connectivity index (χ4v) is 1.58. The third-order valence-corrected chi connectivity index (χ3v) is 2.75. The Balaban J connectivity index is 5.48. The van der Waals surface area contributed by atoms with Gasteiger partial charge in [0, 0.05) is 0 Å². The average Bonchev–Trinajstić information content (AvgIpc) is 1.97. The first-order valence-electron chi connectivity index (χ1n) is 4.70. The first kappa shape index (κ1) is 14.4. The Labute approximate surface area is 92.9 Å². The highest BCUT2D eigenvalue weighted by Crippen LogP contribution is 2.45. The summed E-state index contributed by atoms with van der Waals surface area (Å²) in [5, 5.41) is 26.6. The quantitative estimate of drug-likeness (QED) is 0.653. The van der Waals surface area contributed by atoms with Crippen LogP contribution in [-0.4, -0.2) is 33.2 Å². The van der Waals surface area contributed by atoms with E-state index >= 15 is 0 Å². The summed E-state index contributed by atoms with van der Waals surface area (Å²) in [5.41, 5.74) is -2.76. The van der Waals surface area contributed by atoms with E-state index in [-0.39, 0.29) is 0 Å². The predicted molar refractivity (Wildman–Crippen MR) is 54.0 cm³/mol. The molecule has 0 amide bonds. The summed E-state index contributed by atoms with van der Waals surface area (Å²) < 4.78 is 0. The van der Waals surface area contributed by atoms with Gasteiger partial charge in [0.25, 0.3) is 0 Å². The summed E-state index contributed by atoms with van der Waals surface area (Å²) in [6, 6.07) is 0. The number of carboxylic acids is 3. The molecule has 0 aliphatic heterocycles. The molecule has 0 aliphatic rings. The van der Waals surface area contributed by atoms with Crippen molar-refractivity contribution in [3.8, 4) is 0 Å². The van der Waals surface area contributed by atoms with Crippen LogP contribution in [0.5, 0.6) is 0 Å². The first-order chi connectivity index (χ1) is 7.03. The summed E-state index contributed by atoms with van der Waals surface area (Å²) in [4.78, 5) is 32.6. The SMILES string of the molecule is CC(C)(C)C(CC(=O)O)(CC(=O)O)C(=O)O. The monoisotopic (exact) mass is 232 g/mol. The number of hydrogen-bond donors (Lipinski definition) is 3. The molecule has 0 spiro atoms. The van der Waals surface area contributed by atoms with Gasteiger partial charge in [0.05, 0.1) is 18.3 Å². The minimum Gasteiger partial charge on any atom is -0.481 e. The van der Waals surface area contributed by atoms with Crippen LogP contribution < -0.4 is 0 Å². The molecule has 0 saturated carbocycles. The number of carboxylic acid groups (broad SMARTS) is 3. The van der Waals surface area contributed by atoms with E-state index in [9.17, 15) is 14.4 Å². The van der Waals surface area contributed by atoms with Gasteiger partial charge in [-0.1, -0.05) is 20.8 Å². The smallest absolute Gasteiger partial charge is 0.311 e. The van der Waals surface area contributed by atoms with E-state index in [1.807, 2.05) is 0 Å². The van der Waals surface area contributed by atoms with Gasteiger partial charge >= 0.3 is 17.9 Å². The minimum absolute atomic E-state index is 0.710. The van der Waals surface area contributed by atoms with Crippen molar-refractivity contribution < 1.29 is 29.7 Å². The topological polar surface area (TPSA) is 112 Å². The van der Waals surface area contributed by atoms with Crippen LogP contribution in [0.4, 0.5) is 0 Å². The maximum atomic E-state index is 11.2. The van der Waals surface area contributed by atoms with Crippen LogP contribution in [0.15, 0.2) is 0 Å². The summed E-state index contributed by atoms with van der Waals surface area (Å²) in [6.07, 6.45) is -1.42. The van der Waals surface area contributed by atoms with Crippen molar-refractivity contribution >= 4 is 17.9 Å². The summed E-state index contributed by atoms with van der Waals surface area (Å²) in [7, 11) is 0. The van der Waals surface area contributed by atoms with Crippen LogP contribution in [0.2, 0.25) is 0 Å². The Morgan fingerprint density at radius 1 is 0.875 bits per heavy atom. The second-order valence-corrected chi connectivity index (χ2v) is 4.78. The molecule has 0 aromatic heterocycles. The van der Waals surface area contributed by atoms with Crippen molar-refractivity contribution in [1.82, 2.24) is 0 Å². The zero-order valence-electron chi connectivity index (χ0n) is 9.48. The lowest BCUT2D eigenvalue weighted by molar-refractivity contribution is -0.169. The van der Waals surface area contributed by atoms with Crippen LogP contribution in [-0.2, 0) is 14.4 Å². The molecular formula is C10H16O6. The zero-order chi connectivity index (χ0) is 13.1. The lowest BCUT2D eigenvalue weighted by atomic mass is 9.62. The fourth-order valence-electron chi connectivity index (χ4n) is 1.58. The van der Waals surface area contributed by atoms with Crippen molar-refractivity contribution in [2.75, 3.05) is 0 Å². The van der Waals surface area contributed by atoms with Gasteiger partial charge in [-0.05, 0) is 5.41 Å². The molecule has 0 heterocycles. The molecule has 0 bridgehead atoms. The van der Waals surface area contributed by atoms with Crippen molar-refractivity contribution in [3.05, 3.63) is 0 Å². The molecule has 92 valence electrons. The molecule has 0 atom stereocenters. The number of carbonyl (C=O) groups is 3. The highest BCUT2D eigenvalue weighted by molar-refractivity contribution is 5.86. The van der Waals surface area contributed by atoms with Crippen LogP contribution in [0.1, 0.15) is 33.6 Å². The molecule has 0 radical (unpaired) electrons. The lowest BCUT2D eigenvalue weighted by Gasteiger charge is -2.39. The number of aliphatic carboxylic acids is 3.